The van der Waals surface area contributed by atoms with Crippen molar-refractivity contribution in [2.75, 3.05) is 19.8 Å². The molecule has 0 unspecified atom stereocenters. The fourth-order valence-corrected chi connectivity index (χ4v) is 15.2. The Balaban J connectivity index is -0.000000772. The van der Waals surface area contributed by atoms with Gasteiger partial charge in [-0.25, -0.2) is 0 Å². The van der Waals surface area contributed by atoms with Crippen LogP contribution in [0, 0.1) is 0 Å². The van der Waals surface area contributed by atoms with Gasteiger partial charge in [0.05, 0.1) is 0 Å². The van der Waals surface area contributed by atoms with Gasteiger partial charge in [0.2, 0.25) is 0 Å². The minimum absolute atomic E-state index is 0. The molecule has 0 aliphatic rings. The van der Waals surface area contributed by atoms with E-state index in [0.717, 1.165) is 0 Å². The summed E-state index contributed by atoms with van der Waals surface area (Å²) in [5.74, 6) is 0. The number of rotatable bonds is 14. The van der Waals surface area contributed by atoms with Crippen molar-refractivity contribution in [2.45, 2.75) is 82.3 Å². The third kappa shape index (κ3) is 21.3. The van der Waals surface area contributed by atoms with Crippen molar-refractivity contribution in [3.63, 3.8) is 0 Å². The second kappa shape index (κ2) is 19.3. The Kier molecular flexibility index (Phi) is 23.5. The predicted octanol–water partition coefficient (Wildman–Crippen LogP) is 2.99. The number of unbranched alkanes of at least 4 members (excludes halogenated alkanes) is 2. The van der Waals surface area contributed by atoms with Crippen molar-refractivity contribution in [2.24, 2.45) is 0 Å². The Labute approximate surface area is 170 Å². The molecule has 10 heteroatoms. The molecule has 0 aromatic heterocycles. The SMILES string of the molecule is CCC[CH2][Sn]([CH2]CCC)[O][Si](OCC)(OCC)OCC.C[Si](C)(O)O.O. The first-order valence-corrected chi connectivity index (χ1v) is 19.3. The molecule has 0 aliphatic heterocycles. The van der Waals surface area contributed by atoms with Crippen molar-refractivity contribution in [3.05, 3.63) is 0 Å². The van der Waals surface area contributed by atoms with Crippen LogP contribution in [0.3, 0.4) is 0 Å². The van der Waals surface area contributed by atoms with E-state index in [1.807, 2.05) is 20.8 Å². The fourth-order valence-electron chi connectivity index (χ4n) is 1.90. The molecule has 0 amide bonds. The zero-order valence-corrected chi connectivity index (χ0v) is 22.7. The third-order valence-electron chi connectivity index (χ3n) is 2.85. The van der Waals surface area contributed by atoms with Gasteiger partial charge in [0.1, 0.15) is 0 Å². The third-order valence-corrected chi connectivity index (χ3v) is 15.1. The van der Waals surface area contributed by atoms with Crippen molar-refractivity contribution in [3.8, 4) is 0 Å². The molecule has 0 atom stereocenters. The van der Waals surface area contributed by atoms with E-state index in [2.05, 4.69) is 13.8 Å². The van der Waals surface area contributed by atoms with Crippen LogP contribution in [-0.4, -0.2) is 72.7 Å². The maximum Gasteiger partial charge on any atom is 0.326 e. The van der Waals surface area contributed by atoms with Crippen molar-refractivity contribution in [1.29, 1.82) is 0 Å². The van der Waals surface area contributed by atoms with Crippen LogP contribution < -0.4 is 0 Å². The van der Waals surface area contributed by atoms with Crippen LogP contribution in [0.2, 0.25) is 22.0 Å². The molecule has 0 saturated heterocycles. The van der Waals surface area contributed by atoms with E-state index in [1.165, 1.54) is 47.7 Å². The predicted molar refractivity (Wildman–Crippen MR) is 112 cm³/mol. The Morgan fingerprint density at radius 2 is 1.04 bits per heavy atom. The van der Waals surface area contributed by atoms with Crippen LogP contribution in [-0.2, 0) is 16.0 Å². The van der Waals surface area contributed by atoms with Gasteiger partial charge < -0.3 is 15.1 Å². The summed E-state index contributed by atoms with van der Waals surface area (Å²) in [6, 6.07) is 0. The van der Waals surface area contributed by atoms with Gasteiger partial charge in [-0.2, -0.15) is 0 Å². The van der Waals surface area contributed by atoms with E-state index in [0.29, 0.717) is 19.8 Å². The summed E-state index contributed by atoms with van der Waals surface area (Å²) in [6.07, 6.45) is 4.97. The Bertz CT molecular complexity index is 263. The quantitative estimate of drug-likeness (QED) is 0.340. The van der Waals surface area contributed by atoms with Gasteiger partial charge in [0, 0.05) is 0 Å². The monoisotopic (exact) mass is 523 g/mol. The standard InChI is InChI=1S/C6H15O4Si.2C4H9.C2H8O2Si.H2O.Sn/c1-4-8-11(7,9-5-2)10-6-3;2*1-3-4-2;1-5(2,3)4;;/h4-6H2,1-3H3;2*1,3-4H2,2H3;3-4H,1-2H3;1H2;/q-1;;;;;+1. The van der Waals surface area contributed by atoms with Crippen LogP contribution in [0.25, 0.3) is 0 Å². The molecule has 26 heavy (non-hydrogen) atoms. The molecule has 0 rings (SSSR count). The molecule has 0 bridgehead atoms. The molecule has 1 radical (unpaired) electrons. The zero-order valence-electron chi connectivity index (χ0n) is 17.9. The average Bonchev–Trinajstić information content (AvgIpc) is 2.49. The second-order valence-corrected chi connectivity index (χ2v) is 18.9. The van der Waals surface area contributed by atoms with E-state index in [4.69, 9.17) is 25.6 Å². The van der Waals surface area contributed by atoms with Gasteiger partial charge in [0.25, 0.3) is 0 Å². The molecule has 0 fully saturated rings. The molecule has 0 heterocycles. The molecule has 0 aromatic carbocycles. The van der Waals surface area contributed by atoms with Crippen molar-refractivity contribution >= 4 is 37.8 Å². The van der Waals surface area contributed by atoms with Crippen LogP contribution in [0.15, 0.2) is 0 Å². The zero-order chi connectivity index (χ0) is 19.8. The molecule has 4 N–H and O–H groups in total. The summed E-state index contributed by atoms with van der Waals surface area (Å²) in [7, 11) is -5.48. The van der Waals surface area contributed by atoms with Crippen molar-refractivity contribution < 1.29 is 31.1 Å². The molecule has 0 saturated carbocycles. The second-order valence-electron chi connectivity index (χ2n) is 6.14. The van der Waals surface area contributed by atoms with Crippen LogP contribution >= 0.6 is 0 Å². The topological polar surface area (TPSA) is 109 Å². The smallest absolute Gasteiger partial charge is 0.326 e. The summed E-state index contributed by atoms with van der Waals surface area (Å²) < 4.78 is 26.4. The molecule has 161 valence electrons. The van der Waals surface area contributed by atoms with Crippen LogP contribution in [0.5, 0.6) is 0 Å². The largest absolute Gasteiger partial charge is 0.412 e. The first-order valence-electron chi connectivity index (χ1n) is 9.58. The normalized spacial score (nSPS) is 11.8. The molecule has 0 aromatic rings. The maximum atomic E-state index is 8.22. The average molecular weight is 522 g/mol. The summed E-state index contributed by atoms with van der Waals surface area (Å²) in [5.41, 5.74) is 0. The van der Waals surface area contributed by atoms with E-state index in [9.17, 15) is 0 Å². The first kappa shape index (κ1) is 31.6. The minimum atomic E-state index is -2.87. The Morgan fingerprint density at radius 3 is 1.27 bits per heavy atom. The Hall–Kier alpha value is 0.952. The van der Waals surface area contributed by atoms with E-state index < -0.39 is 37.8 Å². The van der Waals surface area contributed by atoms with E-state index in [1.54, 1.807) is 0 Å². The van der Waals surface area contributed by atoms with Gasteiger partial charge >= 0.3 is 143 Å². The number of hydrogen-bond donors (Lipinski definition) is 2. The molecule has 0 aliphatic carbocycles. The van der Waals surface area contributed by atoms with Crippen LogP contribution in [0.4, 0.5) is 0 Å². The van der Waals surface area contributed by atoms with Gasteiger partial charge in [-0.05, 0) is 13.1 Å². The van der Waals surface area contributed by atoms with Crippen molar-refractivity contribution in [1.82, 2.24) is 0 Å². The molecular formula is C16H43O7Si2Sn. The minimum Gasteiger partial charge on any atom is -0.412 e. The van der Waals surface area contributed by atoms with E-state index >= 15 is 0 Å². The molecule has 7 nitrogen and oxygen atoms in total. The summed E-state index contributed by atoms with van der Waals surface area (Å²) in [6.45, 7) is 15.0. The Morgan fingerprint density at radius 1 is 0.731 bits per heavy atom. The van der Waals surface area contributed by atoms with Crippen LogP contribution in [0.1, 0.15) is 60.3 Å². The van der Waals surface area contributed by atoms with Gasteiger partial charge in [-0.15, -0.1) is 0 Å². The summed E-state index contributed by atoms with van der Waals surface area (Å²) in [4.78, 5) is 16.4. The molecular weight excluding hydrogens is 479 g/mol. The van der Waals surface area contributed by atoms with E-state index in [-0.39, 0.29) is 5.48 Å². The maximum absolute atomic E-state index is 8.22. The van der Waals surface area contributed by atoms with Gasteiger partial charge in [-0.1, -0.05) is 0 Å². The molecule has 0 spiro atoms. The summed E-state index contributed by atoms with van der Waals surface area (Å²) in [5, 5.41) is 0. The first-order chi connectivity index (χ1) is 11.7. The fraction of sp³-hybridized carbons (Fsp3) is 1.00. The van der Waals surface area contributed by atoms with Gasteiger partial charge in [0.15, 0.2) is 0 Å². The van der Waals surface area contributed by atoms with Gasteiger partial charge in [-0.3, -0.25) is 0 Å². The summed E-state index contributed by atoms with van der Waals surface area (Å²) >= 11 is -1.92. The number of hydrogen-bond acceptors (Lipinski definition) is 6.